The number of hydrogen-bond acceptors (Lipinski definition) is 6. The van der Waals surface area contributed by atoms with Gasteiger partial charge in [0, 0.05) is 31.0 Å². The number of nitrogens with zero attached hydrogens (tertiary/aromatic N) is 3. The highest BCUT2D eigenvalue weighted by Gasteiger charge is 2.46. The molecule has 5 heterocycles. The molecule has 0 saturated carbocycles. The van der Waals surface area contributed by atoms with Gasteiger partial charge in [-0.2, -0.15) is 0 Å². The van der Waals surface area contributed by atoms with E-state index in [9.17, 15) is 4.79 Å². The summed E-state index contributed by atoms with van der Waals surface area (Å²) in [6.45, 7) is 8.42. The molecule has 0 unspecified atom stereocenters. The molecule has 35 heavy (non-hydrogen) atoms. The summed E-state index contributed by atoms with van der Waals surface area (Å²) in [4.78, 5) is 20.0. The molecule has 8 heteroatoms. The minimum absolute atomic E-state index is 0.0117. The maximum Gasteiger partial charge on any atom is 0.384 e. The van der Waals surface area contributed by atoms with Crippen molar-refractivity contribution in [3.8, 4) is 5.69 Å². The number of pyridine rings is 1. The molecule has 2 aromatic rings. The SMILES string of the molecule is Cc1cccc(Nc2c3c([n+]4c([C@H]5CN(C)CCO5)oc5cnccc5c2-4)C[C@@H](C)NC3=O)c1C. The summed E-state index contributed by atoms with van der Waals surface area (Å²) in [5.41, 5.74) is 7.28. The lowest BCUT2D eigenvalue weighted by Crippen LogP contribution is -2.48. The highest BCUT2D eigenvalue weighted by molar-refractivity contribution is 6.06. The molecule has 1 aromatic heterocycles. The van der Waals surface area contributed by atoms with Gasteiger partial charge in [0.05, 0.1) is 24.6 Å². The van der Waals surface area contributed by atoms with Crippen molar-refractivity contribution >= 4 is 28.3 Å². The molecule has 2 N–H and O–H groups in total. The van der Waals surface area contributed by atoms with E-state index in [1.54, 1.807) is 12.4 Å². The summed E-state index contributed by atoms with van der Waals surface area (Å²) >= 11 is 0. The molecule has 1 fully saturated rings. The smallest absolute Gasteiger partial charge is 0.384 e. The first-order chi connectivity index (χ1) is 16.9. The second kappa shape index (κ2) is 8.32. The second-order valence-electron chi connectivity index (χ2n) is 9.77. The van der Waals surface area contributed by atoms with Crippen molar-refractivity contribution in [2.75, 3.05) is 32.1 Å². The third-order valence-electron chi connectivity index (χ3n) is 7.26. The highest BCUT2D eigenvalue weighted by Crippen LogP contribution is 2.39. The number of aryl methyl sites for hydroxylation is 1. The van der Waals surface area contributed by atoms with E-state index < -0.39 is 0 Å². The van der Waals surface area contributed by atoms with Crippen molar-refractivity contribution in [1.82, 2.24) is 15.2 Å². The van der Waals surface area contributed by atoms with Crippen LogP contribution in [0.2, 0.25) is 0 Å². The summed E-state index contributed by atoms with van der Waals surface area (Å²) in [6, 6.07) is 8.15. The molecule has 0 spiro atoms. The first-order valence-electron chi connectivity index (χ1n) is 12.1. The van der Waals surface area contributed by atoms with Crippen LogP contribution in [-0.4, -0.2) is 48.6 Å². The Kier molecular flexibility index (Phi) is 5.23. The number of hydrogen-bond donors (Lipinski definition) is 2. The van der Waals surface area contributed by atoms with Crippen molar-refractivity contribution in [3.63, 3.8) is 0 Å². The molecule has 0 radical (unpaired) electrons. The molecule has 4 aliphatic rings. The van der Waals surface area contributed by atoms with Crippen LogP contribution in [0, 0.1) is 13.8 Å². The Morgan fingerprint density at radius 3 is 2.94 bits per heavy atom. The van der Waals surface area contributed by atoms with Crippen molar-refractivity contribution in [2.24, 2.45) is 0 Å². The Bertz CT molecular complexity index is 1430. The van der Waals surface area contributed by atoms with Crippen molar-refractivity contribution < 1.29 is 18.5 Å². The number of anilines is 2. The topological polar surface area (TPSA) is 83.5 Å². The molecule has 180 valence electrons. The average Bonchev–Trinajstić information content (AvgIpc) is 3.16. The first-order valence-corrected chi connectivity index (χ1v) is 12.1. The molecule has 1 aromatic carbocycles. The Hall–Kier alpha value is -3.49. The van der Waals surface area contributed by atoms with Gasteiger partial charge in [-0.3, -0.25) is 9.78 Å². The minimum Gasteiger partial charge on any atom is -0.404 e. The predicted molar refractivity (Wildman–Crippen MR) is 133 cm³/mol. The molecule has 2 atom stereocenters. The lowest BCUT2D eigenvalue weighted by atomic mass is 10.0. The van der Waals surface area contributed by atoms with Gasteiger partial charge in [-0.15, -0.1) is 4.57 Å². The van der Waals surface area contributed by atoms with E-state index >= 15 is 0 Å². The molecular weight excluding hydrogens is 442 g/mol. The van der Waals surface area contributed by atoms with Gasteiger partial charge in [-0.1, -0.05) is 12.1 Å². The number of rotatable bonds is 3. The van der Waals surface area contributed by atoms with Crippen LogP contribution < -0.4 is 15.2 Å². The summed E-state index contributed by atoms with van der Waals surface area (Å²) in [7, 11) is 2.09. The van der Waals surface area contributed by atoms with Crippen LogP contribution >= 0.6 is 0 Å². The third-order valence-corrected chi connectivity index (χ3v) is 7.26. The number of likely N-dealkylation sites (N-methyl/N-ethyl adjacent to an activating group) is 1. The highest BCUT2D eigenvalue weighted by atomic mass is 16.5. The lowest BCUT2D eigenvalue weighted by molar-refractivity contribution is -0.626. The summed E-state index contributed by atoms with van der Waals surface area (Å²) < 4.78 is 14.8. The molecule has 6 rings (SSSR count). The number of amides is 1. The molecule has 1 saturated heterocycles. The number of morpholine rings is 1. The zero-order valence-corrected chi connectivity index (χ0v) is 20.5. The van der Waals surface area contributed by atoms with Crippen LogP contribution in [0.25, 0.3) is 16.7 Å². The molecule has 0 bridgehead atoms. The summed E-state index contributed by atoms with van der Waals surface area (Å²) in [6.07, 6.45) is 3.94. The molecular formula is C27H30N5O3+. The van der Waals surface area contributed by atoms with Crippen LogP contribution in [-0.2, 0) is 11.2 Å². The largest absolute Gasteiger partial charge is 0.404 e. The Balaban J connectivity index is 1.67. The van der Waals surface area contributed by atoms with E-state index in [-0.39, 0.29) is 18.1 Å². The molecule has 0 aliphatic carbocycles. The van der Waals surface area contributed by atoms with E-state index in [0.717, 1.165) is 40.3 Å². The third kappa shape index (κ3) is 3.56. The normalized spacial score (nSPS) is 20.7. The van der Waals surface area contributed by atoms with Gasteiger partial charge >= 0.3 is 5.89 Å². The van der Waals surface area contributed by atoms with E-state index in [1.165, 1.54) is 5.56 Å². The second-order valence-corrected chi connectivity index (χ2v) is 9.77. The Labute approximate surface area is 204 Å². The van der Waals surface area contributed by atoms with Crippen molar-refractivity contribution in [1.29, 1.82) is 0 Å². The van der Waals surface area contributed by atoms with Gasteiger partial charge in [0.25, 0.3) is 5.91 Å². The fourth-order valence-corrected chi connectivity index (χ4v) is 5.29. The van der Waals surface area contributed by atoms with Crippen LogP contribution in [0.15, 0.2) is 41.1 Å². The monoisotopic (exact) mass is 472 g/mol. The quantitative estimate of drug-likeness (QED) is 0.444. The summed E-state index contributed by atoms with van der Waals surface area (Å²) in [5.74, 6) is 0.615. The fourth-order valence-electron chi connectivity index (χ4n) is 5.29. The van der Waals surface area contributed by atoms with Crippen LogP contribution in [0.3, 0.4) is 0 Å². The fraction of sp³-hybridized carbons (Fsp3) is 0.370. The zero-order chi connectivity index (χ0) is 24.3. The zero-order valence-electron chi connectivity index (χ0n) is 20.5. The number of ether oxygens (including phenoxy) is 1. The standard InChI is InChI=1S/C27H29N5O3/c1-15-6-5-7-19(17(15)3)30-24-23-20(12-16(2)29-26(23)33)32-25(24)18-8-9-28-13-21(18)35-27(32)22-14-31(4)10-11-34-22/h5-9,13,16,22H,10-12,14H2,1-4H3,(H-,28,29,30,33)/p+1/t16-,22-/m1/s1. The number of fused-ring (bicyclic) bond motifs is 5. The van der Waals surface area contributed by atoms with Crippen molar-refractivity contribution in [3.05, 3.63) is 64.9 Å². The minimum atomic E-state index is -0.258. The maximum absolute atomic E-state index is 13.5. The molecule has 4 aliphatic heterocycles. The van der Waals surface area contributed by atoms with E-state index in [0.29, 0.717) is 36.6 Å². The molecule has 1 amide bonds. The Morgan fingerprint density at radius 1 is 1.26 bits per heavy atom. The summed E-state index contributed by atoms with van der Waals surface area (Å²) in [5, 5.41) is 7.67. The first kappa shape index (κ1) is 22.0. The van der Waals surface area contributed by atoms with Crippen LogP contribution in [0.4, 0.5) is 11.4 Å². The van der Waals surface area contributed by atoms with Gasteiger partial charge in [-0.25, -0.2) is 0 Å². The van der Waals surface area contributed by atoms with Gasteiger partial charge in [0.2, 0.25) is 11.4 Å². The Morgan fingerprint density at radius 2 is 2.11 bits per heavy atom. The number of carbonyl (C=O) groups excluding carboxylic acids is 1. The van der Waals surface area contributed by atoms with E-state index in [2.05, 4.69) is 58.1 Å². The van der Waals surface area contributed by atoms with Gasteiger partial charge in [-0.05, 0) is 51.1 Å². The van der Waals surface area contributed by atoms with Crippen molar-refractivity contribution in [2.45, 2.75) is 39.3 Å². The van der Waals surface area contributed by atoms with E-state index in [1.807, 2.05) is 19.1 Å². The number of benzene rings is 1. The number of nitrogens with one attached hydrogen (secondary N) is 2. The molecule has 8 nitrogen and oxygen atoms in total. The van der Waals surface area contributed by atoms with Crippen LogP contribution in [0.5, 0.6) is 0 Å². The predicted octanol–water partition coefficient (Wildman–Crippen LogP) is 3.58. The van der Waals surface area contributed by atoms with Crippen LogP contribution in [0.1, 0.15) is 46.1 Å². The number of aromatic nitrogens is 2. The van der Waals surface area contributed by atoms with Gasteiger partial charge < -0.3 is 24.7 Å². The van der Waals surface area contributed by atoms with Gasteiger partial charge in [0.1, 0.15) is 11.3 Å². The maximum atomic E-state index is 13.5. The average molecular weight is 473 g/mol. The van der Waals surface area contributed by atoms with E-state index in [4.69, 9.17) is 9.15 Å². The lowest BCUT2D eigenvalue weighted by Gasteiger charge is -2.27. The van der Waals surface area contributed by atoms with Gasteiger partial charge in [0.15, 0.2) is 11.7 Å². The number of carbonyl (C=O) groups is 1.